The minimum Gasteiger partial charge on any atom is -0.329 e. The minimum atomic E-state index is -0.249. The van der Waals surface area contributed by atoms with Gasteiger partial charge in [-0.05, 0) is 30.2 Å². The van der Waals surface area contributed by atoms with Crippen LogP contribution < -0.4 is 5.32 Å². The zero-order valence-electron chi connectivity index (χ0n) is 13.2. The molecule has 120 valence electrons. The lowest BCUT2D eigenvalue weighted by Gasteiger charge is -2.21. The molecule has 0 heterocycles. The van der Waals surface area contributed by atoms with Gasteiger partial charge in [-0.1, -0.05) is 48.0 Å². The van der Waals surface area contributed by atoms with Crippen molar-refractivity contribution in [3.05, 3.63) is 64.7 Å². The average molecular weight is 331 g/mol. The van der Waals surface area contributed by atoms with E-state index >= 15 is 0 Å². The van der Waals surface area contributed by atoms with E-state index in [9.17, 15) is 9.59 Å². The van der Waals surface area contributed by atoms with Gasteiger partial charge in [0, 0.05) is 24.2 Å². The van der Waals surface area contributed by atoms with Crippen molar-refractivity contribution in [3.8, 4) is 0 Å². The van der Waals surface area contributed by atoms with Crippen molar-refractivity contribution in [2.24, 2.45) is 0 Å². The molecule has 2 rings (SSSR count). The number of hydrogen-bond donors (Lipinski definition) is 1. The number of anilines is 1. The van der Waals surface area contributed by atoms with E-state index in [0.29, 0.717) is 17.3 Å². The lowest BCUT2D eigenvalue weighted by Crippen LogP contribution is -2.36. The topological polar surface area (TPSA) is 49.4 Å². The van der Waals surface area contributed by atoms with E-state index < -0.39 is 0 Å². The third-order valence-electron chi connectivity index (χ3n) is 3.47. The van der Waals surface area contributed by atoms with Crippen LogP contribution in [0, 0.1) is 6.92 Å². The Kier molecular flexibility index (Phi) is 5.77. The first-order valence-corrected chi connectivity index (χ1v) is 7.69. The molecule has 0 aliphatic heterocycles. The Morgan fingerprint density at radius 1 is 1.13 bits per heavy atom. The average Bonchev–Trinajstić information content (AvgIpc) is 2.51. The number of carbonyl (C=O) groups is 2. The molecule has 0 fully saturated rings. The smallest absolute Gasteiger partial charge is 0.244 e. The molecule has 2 aromatic carbocycles. The van der Waals surface area contributed by atoms with Crippen LogP contribution in [0.4, 0.5) is 5.69 Å². The molecule has 0 atom stereocenters. The summed E-state index contributed by atoms with van der Waals surface area (Å²) in [6, 6.07) is 14.9. The summed E-state index contributed by atoms with van der Waals surface area (Å²) in [6.07, 6.45) is 0. The maximum absolute atomic E-state index is 12.2. The highest BCUT2D eigenvalue weighted by molar-refractivity contribution is 6.31. The van der Waals surface area contributed by atoms with Gasteiger partial charge in [-0.15, -0.1) is 0 Å². The van der Waals surface area contributed by atoms with Crippen LogP contribution in [0.15, 0.2) is 48.5 Å². The molecule has 0 unspecified atom stereocenters. The largest absolute Gasteiger partial charge is 0.329 e. The Balaban J connectivity index is 2.03. The highest BCUT2D eigenvalue weighted by atomic mass is 35.5. The van der Waals surface area contributed by atoms with Crippen LogP contribution >= 0.6 is 11.6 Å². The first-order valence-electron chi connectivity index (χ1n) is 7.31. The zero-order valence-corrected chi connectivity index (χ0v) is 13.9. The van der Waals surface area contributed by atoms with Gasteiger partial charge in [-0.2, -0.15) is 0 Å². The van der Waals surface area contributed by atoms with E-state index in [1.807, 2.05) is 43.3 Å². The van der Waals surface area contributed by atoms with Crippen LogP contribution in [-0.2, 0) is 16.1 Å². The molecule has 1 N–H and O–H groups in total. The number of nitrogens with one attached hydrogen (secondary N) is 1. The van der Waals surface area contributed by atoms with Crippen LogP contribution in [-0.4, -0.2) is 23.3 Å². The second kappa shape index (κ2) is 7.79. The minimum absolute atomic E-state index is 0.00379. The Morgan fingerprint density at radius 2 is 1.83 bits per heavy atom. The van der Waals surface area contributed by atoms with Crippen molar-refractivity contribution in [3.63, 3.8) is 0 Å². The fourth-order valence-electron chi connectivity index (χ4n) is 2.17. The van der Waals surface area contributed by atoms with Gasteiger partial charge in [0.05, 0.1) is 0 Å². The fraction of sp³-hybridized carbons (Fsp3) is 0.222. The molecule has 0 saturated heterocycles. The number of carbonyl (C=O) groups excluding carboxylic acids is 2. The molecule has 2 aromatic rings. The van der Waals surface area contributed by atoms with Gasteiger partial charge in [0.15, 0.2) is 0 Å². The number of rotatable bonds is 5. The second-order valence-corrected chi connectivity index (χ2v) is 5.80. The molecule has 4 nitrogen and oxygen atoms in total. The van der Waals surface area contributed by atoms with Crippen LogP contribution in [0.25, 0.3) is 0 Å². The monoisotopic (exact) mass is 330 g/mol. The van der Waals surface area contributed by atoms with Crippen LogP contribution in [0.1, 0.15) is 18.1 Å². The number of benzene rings is 2. The lowest BCUT2D eigenvalue weighted by atomic mass is 10.2. The standard InChI is InChI=1S/C18H19ClN2O2/c1-13-8-9-16(19)10-17(13)20-18(23)12-21(14(2)22)11-15-6-4-3-5-7-15/h3-10H,11-12H2,1-2H3,(H,20,23). The summed E-state index contributed by atoms with van der Waals surface area (Å²) in [6.45, 7) is 3.74. The van der Waals surface area contributed by atoms with Gasteiger partial charge >= 0.3 is 0 Å². The number of aryl methyl sites for hydroxylation is 1. The van der Waals surface area contributed by atoms with Crippen LogP contribution in [0.5, 0.6) is 0 Å². The predicted molar refractivity (Wildman–Crippen MR) is 92.4 cm³/mol. The summed E-state index contributed by atoms with van der Waals surface area (Å²) in [5, 5.41) is 3.36. The van der Waals surface area contributed by atoms with Crippen molar-refractivity contribution < 1.29 is 9.59 Å². The molecule has 0 spiro atoms. The Hall–Kier alpha value is -2.33. The van der Waals surface area contributed by atoms with Crippen molar-refractivity contribution in [1.29, 1.82) is 0 Å². The summed E-state index contributed by atoms with van der Waals surface area (Å²) in [4.78, 5) is 25.5. The third kappa shape index (κ3) is 5.11. The summed E-state index contributed by atoms with van der Waals surface area (Å²) in [5.74, 6) is -0.395. The van der Waals surface area contributed by atoms with Gasteiger partial charge in [0.2, 0.25) is 11.8 Å². The number of hydrogen-bond acceptors (Lipinski definition) is 2. The van der Waals surface area contributed by atoms with E-state index in [1.165, 1.54) is 11.8 Å². The number of amides is 2. The fourth-order valence-corrected chi connectivity index (χ4v) is 2.35. The van der Waals surface area contributed by atoms with Crippen LogP contribution in [0.2, 0.25) is 5.02 Å². The van der Waals surface area contributed by atoms with Gasteiger partial charge in [-0.3, -0.25) is 9.59 Å². The second-order valence-electron chi connectivity index (χ2n) is 5.37. The number of halogens is 1. The van der Waals surface area contributed by atoms with Crippen LogP contribution in [0.3, 0.4) is 0 Å². The molecule has 0 radical (unpaired) electrons. The van der Waals surface area contributed by atoms with E-state index in [2.05, 4.69) is 5.32 Å². The van der Waals surface area contributed by atoms with Crippen molar-refractivity contribution >= 4 is 29.1 Å². The maximum Gasteiger partial charge on any atom is 0.244 e. The zero-order chi connectivity index (χ0) is 16.8. The van der Waals surface area contributed by atoms with Crippen molar-refractivity contribution in [1.82, 2.24) is 4.90 Å². The molecular weight excluding hydrogens is 312 g/mol. The predicted octanol–water partition coefficient (Wildman–Crippen LogP) is 3.64. The van der Waals surface area contributed by atoms with E-state index in [0.717, 1.165) is 11.1 Å². The molecule has 0 saturated carbocycles. The molecule has 5 heteroatoms. The van der Waals surface area contributed by atoms with Gasteiger partial charge in [0.1, 0.15) is 6.54 Å². The SMILES string of the molecule is CC(=O)N(CC(=O)Nc1cc(Cl)ccc1C)Cc1ccccc1. The molecule has 0 aromatic heterocycles. The van der Waals surface area contributed by atoms with E-state index in [4.69, 9.17) is 11.6 Å². The van der Waals surface area contributed by atoms with E-state index in [-0.39, 0.29) is 18.4 Å². The highest BCUT2D eigenvalue weighted by Gasteiger charge is 2.15. The highest BCUT2D eigenvalue weighted by Crippen LogP contribution is 2.20. The molecule has 23 heavy (non-hydrogen) atoms. The summed E-state index contributed by atoms with van der Waals surface area (Å²) >= 11 is 5.95. The summed E-state index contributed by atoms with van der Waals surface area (Å²) in [7, 11) is 0. The molecular formula is C18H19ClN2O2. The van der Waals surface area contributed by atoms with Crippen molar-refractivity contribution in [2.75, 3.05) is 11.9 Å². The maximum atomic E-state index is 12.2. The quantitative estimate of drug-likeness (QED) is 0.910. The lowest BCUT2D eigenvalue weighted by molar-refractivity contribution is -0.133. The normalized spacial score (nSPS) is 10.2. The number of nitrogens with zero attached hydrogens (tertiary/aromatic N) is 1. The molecule has 0 bridgehead atoms. The van der Waals surface area contributed by atoms with Gasteiger partial charge in [0.25, 0.3) is 0 Å². The Morgan fingerprint density at radius 3 is 2.48 bits per heavy atom. The van der Waals surface area contributed by atoms with Crippen molar-refractivity contribution in [2.45, 2.75) is 20.4 Å². The Labute approximate surface area is 141 Å². The summed E-state index contributed by atoms with van der Waals surface area (Å²) < 4.78 is 0. The third-order valence-corrected chi connectivity index (χ3v) is 3.70. The van der Waals surface area contributed by atoms with E-state index in [1.54, 1.807) is 12.1 Å². The summed E-state index contributed by atoms with van der Waals surface area (Å²) in [5.41, 5.74) is 2.56. The molecule has 0 aliphatic carbocycles. The first-order chi connectivity index (χ1) is 11.0. The first kappa shape index (κ1) is 17.0. The molecule has 0 aliphatic rings. The van der Waals surface area contributed by atoms with Gasteiger partial charge in [-0.25, -0.2) is 0 Å². The Bertz CT molecular complexity index is 701. The molecule has 2 amide bonds. The van der Waals surface area contributed by atoms with Gasteiger partial charge < -0.3 is 10.2 Å².